The van der Waals surface area contributed by atoms with E-state index in [2.05, 4.69) is 38.2 Å². The van der Waals surface area contributed by atoms with E-state index in [0.717, 1.165) is 54.5 Å². The Kier molecular flexibility index (Phi) is 5.25. The van der Waals surface area contributed by atoms with Crippen LogP contribution < -0.4 is 5.32 Å². The van der Waals surface area contributed by atoms with Crippen LogP contribution >= 0.6 is 0 Å². The molecule has 30 heavy (non-hydrogen) atoms. The van der Waals surface area contributed by atoms with Gasteiger partial charge in [0.05, 0.1) is 5.52 Å². The summed E-state index contributed by atoms with van der Waals surface area (Å²) < 4.78 is 29.9. The van der Waals surface area contributed by atoms with Crippen molar-refractivity contribution in [2.45, 2.75) is 38.6 Å². The second kappa shape index (κ2) is 8.19. The first kappa shape index (κ1) is 19.2. The van der Waals surface area contributed by atoms with Crippen molar-refractivity contribution < 1.29 is 8.78 Å². The van der Waals surface area contributed by atoms with Gasteiger partial charge in [-0.15, -0.1) is 0 Å². The number of halogens is 2. The minimum absolute atomic E-state index is 0.167. The largest absolute Gasteiger partial charge is 0.347 e. The maximum absolute atomic E-state index is 14.1. The van der Waals surface area contributed by atoms with Gasteiger partial charge in [-0.3, -0.25) is 0 Å². The molecule has 0 amide bonds. The highest BCUT2D eigenvalue weighted by Gasteiger charge is 2.15. The van der Waals surface area contributed by atoms with Crippen LogP contribution in [-0.2, 0) is 6.54 Å². The van der Waals surface area contributed by atoms with Gasteiger partial charge in [-0.05, 0) is 56.5 Å². The van der Waals surface area contributed by atoms with Gasteiger partial charge in [-0.2, -0.15) is 0 Å². The molecule has 156 valence electrons. The number of fused-ring (bicyclic) bond motifs is 2. The first-order chi connectivity index (χ1) is 14.7. The van der Waals surface area contributed by atoms with Crippen molar-refractivity contribution >= 4 is 21.9 Å². The number of unbranched alkanes of at least 4 members (excludes halogenated alkanes) is 1. The molecule has 0 unspecified atom stereocenters. The lowest BCUT2D eigenvalue weighted by molar-refractivity contribution is 0.341. The van der Waals surface area contributed by atoms with Crippen molar-refractivity contribution in [3.8, 4) is 11.4 Å². The normalized spacial score (nSPS) is 15.4. The monoisotopic (exact) mass is 408 g/mol. The van der Waals surface area contributed by atoms with Gasteiger partial charge in [0, 0.05) is 35.3 Å². The zero-order valence-corrected chi connectivity index (χ0v) is 16.9. The van der Waals surface area contributed by atoms with Gasteiger partial charge in [0.2, 0.25) is 0 Å². The molecule has 2 N–H and O–H groups in total. The van der Waals surface area contributed by atoms with Crippen molar-refractivity contribution in [3.63, 3.8) is 0 Å². The Hall–Kier alpha value is -2.73. The molecule has 3 heterocycles. The number of piperidine rings is 1. The number of aromatic nitrogens is 3. The number of H-pyrrole nitrogens is 1. The minimum atomic E-state index is -0.647. The molecule has 1 fully saturated rings. The highest BCUT2D eigenvalue weighted by Crippen LogP contribution is 2.30. The van der Waals surface area contributed by atoms with Crippen molar-refractivity contribution in [3.05, 3.63) is 54.2 Å². The molecule has 1 aliphatic rings. The second-order valence-corrected chi connectivity index (χ2v) is 8.31. The van der Waals surface area contributed by atoms with Crippen LogP contribution in [0.15, 0.2) is 42.6 Å². The lowest BCUT2D eigenvalue weighted by atomic mass is 9.92. The first-order valence-corrected chi connectivity index (χ1v) is 10.8. The van der Waals surface area contributed by atoms with Crippen LogP contribution in [0.1, 0.15) is 32.1 Å². The quantitative estimate of drug-likeness (QED) is 0.406. The Balaban J connectivity index is 1.35. The van der Waals surface area contributed by atoms with Gasteiger partial charge in [0.25, 0.3) is 0 Å². The summed E-state index contributed by atoms with van der Waals surface area (Å²) in [6, 6.07) is 10.3. The summed E-state index contributed by atoms with van der Waals surface area (Å²) >= 11 is 0. The standard InChI is InChI=1S/C24H26F2N4/c25-17-14-20(26)23-21(15-17)28-24(29-23)19-5-3-6-22-18(19)9-13-30(22)12-2-1-4-16-7-10-27-11-8-16/h3,5-6,9,13-16,27H,1-2,4,7-8,10-12H2,(H,28,29). The smallest absolute Gasteiger partial charge is 0.153 e. The molecule has 2 aromatic heterocycles. The molecule has 0 atom stereocenters. The molecule has 0 aliphatic carbocycles. The molecule has 2 aromatic carbocycles. The van der Waals surface area contributed by atoms with E-state index in [1.807, 2.05) is 12.1 Å². The molecule has 1 saturated heterocycles. The molecule has 4 nitrogen and oxygen atoms in total. The van der Waals surface area contributed by atoms with E-state index in [1.54, 1.807) is 0 Å². The maximum atomic E-state index is 14.1. The fraction of sp³-hybridized carbons (Fsp3) is 0.375. The zero-order chi connectivity index (χ0) is 20.5. The van der Waals surface area contributed by atoms with Crippen LogP contribution in [0, 0.1) is 17.6 Å². The number of nitrogens with zero attached hydrogens (tertiary/aromatic N) is 2. The lowest BCUT2D eigenvalue weighted by Crippen LogP contribution is -2.27. The van der Waals surface area contributed by atoms with Crippen LogP contribution in [0.3, 0.4) is 0 Å². The first-order valence-electron chi connectivity index (χ1n) is 10.8. The molecule has 5 rings (SSSR count). The van der Waals surface area contributed by atoms with Crippen molar-refractivity contribution in [2.75, 3.05) is 13.1 Å². The number of benzene rings is 2. The highest BCUT2D eigenvalue weighted by molar-refractivity contribution is 5.95. The van der Waals surface area contributed by atoms with E-state index >= 15 is 0 Å². The summed E-state index contributed by atoms with van der Waals surface area (Å²) in [7, 11) is 0. The molecule has 0 radical (unpaired) electrons. The summed E-state index contributed by atoms with van der Waals surface area (Å²) in [6.07, 6.45) is 8.44. The van der Waals surface area contributed by atoms with Crippen molar-refractivity contribution in [2.24, 2.45) is 5.92 Å². The average Bonchev–Trinajstić information content (AvgIpc) is 3.36. The number of hydrogen-bond donors (Lipinski definition) is 2. The lowest BCUT2D eigenvalue weighted by Gasteiger charge is -2.22. The van der Waals surface area contributed by atoms with Gasteiger partial charge in [-0.1, -0.05) is 25.0 Å². The predicted molar refractivity (Wildman–Crippen MR) is 116 cm³/mol. The summed E-state index contributed by atoms with van der Waals surface area (Å²) in [5, 5.41) is 4.49. The molecule has 4 aromatic rings. The Morgan fingerprint density at radius 1 is 1.07 bits per heavy atom. The van der Waals surface area contributed by atoms with E-state index in [9.17, 15) is 8.78 Å². The topological polar surface area (TPSA) is 45.6 Å². The maximum Gasteiger partial charge on any atom is 0.153 e. The van der Waals surface area contributed by atoms with E-state index in [0.29, 0.717) is 11.3 Å². The molecule has 1 aliphatic heterocycles. The number of hydrogen-bond acceptors (Lipinski definition) is 2. The number of nitrogens with one attached hydrogen (secondary N) is 2. The van der Waals surface area contributed by atoms with Crippen LogP contribution in [-0.4, -0.2) is 27.6 Å². The number of aromatic amines is 1. The Bertz CT molecular complexity index is 1170. The summed E-state index contributed by atoms with van der Waals surface area (Å²) in [6.45, 7) is 3.31. The van der Waals surface area contributed by atoms with Crippen LogP contribution in [0.4, 0.5) is 8.78 Å². The zero-order valence-electron chi connectivity index (χ0n) is 16.9. The molecule has 6 heteroatoms. The summed E-state index contributed by atoms with van der Waals surface area (Å²) in [5.41, 5.74) is 2.58. The van der Waals surface area contributed by atoms with E-state index in [1.165, 1.54) is 31.7 Å². The third-order valence-electron chi connectivity index (χ3n) is 6.29. The molecule has 0 saturated carbocycles. The summed E-state index contributed by atoms with van der Waals surface area (Å²) in [5.74, 6) is 0.177. The predicted octanol–water partition coefficient (Wildman–Crippen LogP) is 5.63. The Morgan fingerprint density at radius 2 is 1.93 bits per heavy atom. The van der Waals surface area contributed by atoms with Crippen LogP contribution in [0.2, 0.25) is 0 Å². The van der Waals surface area contributed by atoms with E-state index in [4.69, 9.17) is 0 Å². The van der Waals surface area contributed by atoms with Gasteiger partial charge in [0.1, 0.15) is 17.2 Å². The molecule has 0 bridgehead atoms. The van der Waals surface area contributed by atoms with Gasteiger partial charge in [-0.25, -0.2) is 13.8 Å². The molecule has 0 spiro atoms. The highest BCUT2D eigenvalue weighted by atomic mass is 19.1. The van der Waals surface area contributed by atoms with Crippen molar-refractivity contribution in [1.82, 2.24) is 19.9 Å². The number of aryl methyl sites for hydroxylation is 1. The second-order valence-electron chi connectivity index (χ2n) is 8.31. The third kappa shape index (κ3) is 3.72. The molecular weight excluding hydrogens is 382 g/mol. The fourth-order valence-corrected chi connectivity index (χ4v) is 4.68. The van der Waals surface area contributed by atoms with E-state index < -0.39 is 11.6 Å². The fourth-order valence-electron chi connectivity index (χ4n) is 4.68. The third-order valence-corrected chi connectivity index (χ3v) is 6.29. The average molecular weight is 408 g/mol. The van der Waals surface area contributed by atoms with Crippen LogP contribution in [0.5, 0.6) is 0 Å². The summed E-state index contributed by atoms with van der Waals surface area (Å²) in [4.78, 5) is 7.48. The van der Waals surface area contributed by atoms with Gasteiger partial charge in [0.15, 0.2) is 5.82 Å². The van der Waals surface area contributed by atoms with Crippen LogP contribution in [0.25, 0.3) is 33.3 Å². The number of imidazole rings is 1. The molecular formula is C24H26F2N4. The van der Waals surface area contributed by atoms with E-state index in [-0.39, 0.29) is 5.52 Å². The SMILES string of the molecule is Fc1cc(F)c2nc(-c3cccc4c3ccn4CCCCC3CCNCC3)[nH]c2c1. The van der Waals surface area contributed by atoms with Gasteiger partial charge >= 0.3 is 0 Å². The van der Waals surface area contributed by atoms with Gasteiger partial charge < -0.3 is 14.9 Å². The van der Waals surface area contributed by atoms with Crippen molar-refractivity contribution in [1.29, 1.82) is 0 Å². The minimum Gasteiger partial charge on any atom is -0.347 e. The Labute approximate surface area is 174 Å². The number of rotatable bonds is 6. The Morgan fingerprint density at radius 3 is 2.80 bits per heavy atom.